The zero-order valence-corrected chi connectivity index (χ0v) is 15.5. The van der Waals surface area contributed by atoms with Crippen LogP contribution in [0.4, 0.5) is 0 Å². The van der Waals surface area contributed by atoms with Gasteiger partial charge in [0.05, 0.1) is 19.8 Å². The Morgan fingerprint density at radius 3 is 2.76 bits per heavy atom. The standard InChI is InChI=1S/C20H31N3O2/c1-3-21-19(23-13-20(14-24)8-9-20)22-11-17-7-4-15(2)10-18(17)25-12-16-5-6-16/h4,7,10,16,24H,3,5-6,8-9,11-14H2,1-2H3,(H2,21,22,23). The van der Waals surface area contributed by atoms with E-state index in [1.165, 1.54) is 18.4 Å². The molecular weight excluding hydrogens is 314 g/mol. The first-order chi connectivity index (χ1) is 12.1. The molecule has 25 heavy (non-hydrogen) atoms. The molecule has 138 valence electrons. The van der Waals surface area contributed by atoms with Crippen LogP contribution >= 0.6 is 0 Å². The van der Waals surface area contributed by atoms with Crippen LogP contribution < -0.4 is 15.4 Å². The van der Waals surface area contributed by atoms with Gasteiger partial charge in [0, 0.05) is 24.1 Å². The molecule has 1 aromatic carbocycles. The normalized spacial score (nSPS) is 18.8. The molecule has 3 N–H and O–H groups in total. The molecule has 0 radical (unpaired) electrons. The number of ether oxygens (including phenoxy) is 1. The molecule has 0 amide bonds. The molecule has 0 aromatic heterocycles. The predicted molar refractivity (Wildman–Crippen MR) is 101 cm³/mol. The lowest BCUT2D eigenvalue weighted by molar-refractivity contribution is 0.212. The Balaban J connectivity index is 1.62. The van der Waals surface area contributed by atoms with E-state index in [9.17, 15) is 5.11 Å². The van der Waals surface area contributed by atoms with E-state index in [0.717, 1.165) is 55.7 Å². The van der Waals surface area contributed by atoms with Crippen LogP contribution in [-0.2, 0) is 6.54 Å². The van der Waals surface area contributed by atoms with Crippen LogP contribution in [0.2, 0.25) is 0 Å². The van der Waals surface area contributed by atoms with E-state index in [1.807, 2.05) is 0 Å². The summed E-state index contributed by atoms with van der Waals surface area (Å²) in [5.41, 5.74) is 2.40. The minimum atomic E-state index is 0.0680. The van der Waals surface area contributed by atoms with E-state index in [2.05, 4.69) is 42.7 Å². The first-order valence-electron chi connectivity index (χ1n) is 9.49. The SMILES string of the molecule is CCNC(=NCc1ccc(C)cc1OCC1CC1)NCC1(CO)CC1. The van der Waals surface area contributed by atoms with Crippen LogP contribution in [0.5, 0.6) is 5.75 Å². The molecule has 0 spiro atoms. The van der Waals surface area contributed by atoms with Crippen molar-refractivity contribution in [3.8, 4) is 5.75 Å². The quantitative estimate of drug-likeness (QED) is 0.475. The van der Waals surface area contributed by atoms with Crippen molar-refractivity contribution in [2.75, 3.05) is 26.3 Å². The highest BCUT2D eigenvalue weighted by molar-refractivity contribution is 5.79. The number of hydrogen-bond donors (Lipinski definition) is 3. The Morgan fingerprint density at radius 1 is 1.32 bits per heavy atom. The van der Waals surface area contributed by atoms with Gasteiger partial charge in [-0.3, -0.25) is 0 Å². The van der Waals surface area contributed by atoms with E-state index in [1.54, 1.807) is 0 Å². The van der Waals surface area contributed by atoms with Crippen LogP contribution in [-0.4, -0.2) is 37.4 Å². The second-order valence-electron chi connectivity index (χ2n) is 7.57. The number of aliphatic imine (C=N–C) groups is 1. The van der Waals surface area contributed by atoms with Crippen molar-refractivity contribution in [3.63, 3.8) is 0 Å². The first-order valence-corrected chi connectivity index (χ1v) is 9.49. The second-order valence-corrected chi connectivity index (χ2v) is 7.57. The van der Waals surface area contributed by atoms with Gasteiger partial charge in [-0.1, -0.05) is 12.1 Å². The Bertz CT molecular complexity index is 607. The number of aliphatic hydroxyl groups excluding tert-OH is 1. The molecule has 2 aliphatic carbocycles. The Kier molecular flexibility index (Phi) is 5.84. The number of benzene rings is 1. The molecule has 0 aliphatic heterocycles. The van der Waals surface area contributed by atoms with Gasteiger partial charge in [0.1, 0.15) is 5.75 Å². The number of guanidine groups is 1. The van der Waals surface area contributed by atoms with Gasteiger partial charge < -0.3 is 20.5 Å². The minimum Gasteiger partial charge on any atom is -0.493 e. The van der Waals surface area contributed by atoms with Crippen LogP contribution in [0.25, 0.3) is 0 Å². The molecule has 3 rings (SSSR count). The second kappa shape index (κ2) is 8.09. The van der Waals surface area contributed by atoms with Gasteiger partial charge in [-0.2, -0.15) is 0 Å². The average Bonchev–Trinajstić information content (AvgIpc) is 3.52. The molecule has 0 heterocycles. The topological polar surface area (TPSA) is 65.9 Å². The zero-order valence-electron chi connectivity index (χ0n) is 15.5. The van der Waals surface area contributed by atoms with E-state index >= 15 is 0 Å². The molecule has 5 heteroatoms. The van der Waals surface area contributed by atoms with E-state index in [0.29, 0.717) is 6.54 Å². The predicted octanol–water partition coefficient (Wildman–Crippen LogP) is 2.61. The Hall–Kier alpha value is -1.75. The summed E-state index contributed by atoms with van der Waals surface area (Å²) in [5, 5.41) is 16.1. The van der Waals surface area contributed by atoms with Crippen molar-refractivity contribution < 1.29 is 9.84 Å². The lowest BCUT2D eigenvalue weighted by Gasteiger charge is -2.17. The fourth-order valence-corrected chi connectivity index (χ4v) is 2.76. The maximum atomic E-state index is 9.46. The van der Waals surface area contributed by atoms with Crippen molar-refractivity contribution in [2.45, 2.75) is 46.1 Å². The van der Waals surface area contributed by atoms with Gasteiger partial charge >= 0.3 is 0 Å². The maximum Gasteiger partial charge on any atom is 0.191 e. The number of nitrogens with zero attached hydrogens (tertiary/aromatic N) is 1. The highest BCUT2D eigenvalue weighted by Gasteiger charge is 2.41. The summed E-state index contributed by atoms with van der Waals surface area (Å²) in [6.45, 7) is 7.39. The number of nitrogens with one attached hydrogen (secondary N) is 2. The Labute approximate surface area is 150 Å². The smallest absolute Gasteiger partial charge is 0.191 e. The van der Waals surface area contributed by atoms with Crippen molar-refractivity contribution in [1.82, 2.24) is 10.6 Å². The van der Waals surface area contributed by atoms with E-state index in [-0.39, 0.29) is 12.0 Å². The van der Waals surface area contributed by atoms with Gasteiger partial charge in [0.15, 0.2) is 5.96 Å². The van der Waals surface area contributed by atoms with Gasteiger partial charge in [-0.15, -0.1) is 0 Å². The van der Waals surface area contributed by atoms with Crippen LogP contribution in [0.15, 0.2) is 23.2 Å². The molecule has 1 aromatic rings. The molecule has 2 saturated carbocycles. The first kappa shape index (κ1) is 18.1. The third-order valence-electron chi connectivity index (χ3n) is 5.07. The zero-order chi connectivity index (χ0) is 17.7. The molecular formula is C20H31N3O2. The summed E-state index contributed by atoms with van der Waals surface area (Å²) >= 11 is 0. The highest BCUT2D eigenvalue weighted by atomic mass is 16.5. The molecule has 0 bridgehead atoms. The van der Waals surface area contributed by atoms with E-state index in [4.69, 9.17) is 9.73 Å². The highest BCUT2D eigenvalue weighted by Crippen LogP contribution is 2.44. The number of aryl methyl sites for hydroxylation is 1. The average molecular weight is 345 g/mol. The number of hydrogen-bond acceptors (Lipinski definition) is 3. The molecule has 0 unspecified atom stereocenters. The van der Waals surface area contributed by atoms with Gasteiger partial charge in [-0.25, -0.2) is 4.99 Å². The number of aliphatic hydroxyl groups is 1. The van der Waals surface area contributed by atoms with Crippen molar-refractivity contribution in [2.24, 2.45) is 16.3 Å². The van der Waals surface area contributed by atoms with Gasteiger partial charge in [0.25, 0.3) is 0 Å². The Morgan fingerprint density at radius 2 is 2.12 bits per heavy atom. The fourth-order valence-electron chi connectivity index (χ4n) is 2.76. The van der Waals surface area contributed by atoms with Crippen molar-refractivity contribution in [1.29, 1.82) is 0 Å². The monoisotopic (exact) mass is 345 g/mol. The maximum absolute atomic E-state index is 9.46. The summed E-state index contributed by atoms with van der Waals surface area (Å²) in [6.07, 6.45) is 4.76. The minimum absolute atomic E-state index is 0.0680. The van der Waals surface area contributed by atoms with Crippen molar-refractivity contribution in [3.05, 3.63) is 29.3 Å². The van der Waals surface area contributed by atoms with Crippen LogP contribution in [0.1, 0.15) is 43.7 Å². The summed E-state index contributed by atoms with van der Waals surface area (Å²) in [5.74, 6) is 2.50. The summed E-state index contributed by atoms with van der Waals surface area (Å²) < 4.78 is 6.03. The molecule has 5 nitrogen and oxygen atoms in total. The van der Waals surface area contributed by atoms with Crippen LogP contribution in [0, 0.1) is 18.3 Å². The summed E-state index contributed by atoms with van der Waals surface area (Å²) in [6, 6.07) is 6.33. The third kappa shape index (κ3) is 5.36. The van der Waals surface area contributed by atoms with Crippen LogP contribution in [0.3, 0.4) is 0 Å². The molecule has 0 atom stereocenters. The summed E-state index contributed by atoms with van der Waals surface area (Å²) in [4.78, 5) is 4.71. The lowest BCUT2D eigenvalue weighted by Crippen LogP contribution is -2.41. The van der Waals surface area contributed by atoms with E-state index < -0.39 is 0 Å². The molecule has 2 fully saturated rings. The molecule has 0 saturated heterocycles. The molecule has 2 aliphatic rings. The van der Waals surface area contributed by atoms with Gasteiger partial charge in [-0.05, 0) is 57.1 Å². The van der Waals surface area contributed by atoms with Crippen molar-refractivity contribution >= 4 is 5.96 Å². The fraction of sp³-hybridized carbons (Fsp3) is 0.650. The summed E-state index contributed by atoms with van der Waals surface area (Å²) in [7, 11) is 0. The van der Waals surface area contributed by atoms with Gasteiger partial charge in [0.2, 0.25) is 0 Å². The third-order valence-corrected chi connectivity index (χ3v) is 5.07. The number of rotatable bonds is 9. The lowest BCUT2D eigenvalue weighted by atomic mass is 10.1. The largest absolute Gasteiger partial charge is 0.493 e.